The molecule has 0 bridgehead atoms. The van der Waals surface area contributed by atoms with Gasteiger partial charge >= 0.3 is 0 Å². The van der Waals surface area contributed by atoms with Gasteiger partial charge in [-0.05, 0) is 53.4 Å². The smallest absolute Gasteiger partial charge is 0.251 e. The van der Waals surface area contributed by atoms with Crippen LogP contribution in [0.1, 0.15) is 34.3 Å². The lowest BCUT2D eigenvalue weighted by molar-refractivity contribution is 0.0949. The lowest BCUT2D eigenvalue weighted by Gasteiger charge is -2.14. The molecule has 1 heterocycles. The van der Waals surface area contributed by atoms with Crippen LogP contribution in [0.15, 0.2) is 41.1 Å². The minimum atomic E-state index is -0.108. The van der Waals surface area contributed by atoms with Crippen molar-refractivity contribution in [1.29, 1.82) is 5.26 Å². The first kappa shape index (κ1) is 12.9. The van der Waals surface area contributed by atoms with E-state index in [9.17, 15) is 4.79 Å². The molecule has 20 heavy (non-hydrogen) atoms. The summed E-state index contributed by atoms with van der Waals surface area (Å²) in [5, 5.41) is 16.1. The highest BCUT2D eigenvalue weighted by molar-refractivity contribution is 7.08. The van der Waals surface area contributed by atoms with Crippen LogP contribution in [0.25, 0.3) is 0 Å². The number of rotatable bonds is 4. The molecule has 0 unspecified atom stereocenters. The van der Waals surface area contributed by atoms with Crippen LogP contribution < -0.4 is 5.32 Å². The summed E-state index contributed by atoms with van der Waals surface area (Å²) >= 11 is 1.69. The molecule has 0 aliphatic heterocycles. The van der Waals surface area contributed by atoms with Crippen LogP contribution >= 0.6 is 11.3 Å². The maximum absolute atomic E-state index is 12.1. The molecule has 1 aliphatic carbocycles. The topological polar surface area (TPSA) is 52.9 Å². The lowest BCUT2D eigenvalue weighted by atomic mass is 9.99. The Hall–Kier alpha value is -2.12. The van der Waals surface area contributed by atoms with Crippen LogP contribution in [0.2, 0.25) is 0 Å². The molecule has 1 N–H and O–H groups in total. The second-order valence-corrected chi connectivity index (χ2v) is 5.95. The number of amides is 1. The Labute approximate surface area is 121 Å². The summed E-state index contributed by atoms with van der Waals surface area (Å²) in [7, 11) is 0. The minimum absolute atomic E-state index is 0.108. The predicted octanol–water partition coefficient (Wildman–Crippen LogP) is 3.08. The number of nitrogens with one attached hydrogen (secondary N) is 1. The molecule has 3 rings (SSSR count). The molecule has 100 valence electrons. The van der Waals surface area contributed by atoms with Crippen molar-refractivity contribution in [2.75, 3.05) is 6.54 Å². The Morgan fingerprint density at radius 2 is 2.25 bits per heavy atom. The van der Waals surface area contributed by atoms with Gasteiger partial charge in [0, 0.05) is 17.5 Å². The molecular weight excluding hydrogens is 268 g/mol. The van der Waals surface area contributed by atoms with Crippen molar-refractivity contribution in [2.24, 2.45) is 0 Å². The van der Waals surface area contributed by atoms with Crippen LogP contribution in [0.4, 0.5) is 0 Å². The van der Waals surface area contributed by atoms with E-state index in [0.29, 0.717) is 17.7 Å². The van der Waals surface area contributed by atoms with Crippen molar-refractivity contribution in [3.8, 4) is 6.07 Å². The highest BCUT2D eigenvalue weighted by Crippen LogP contribution is 2.48. The Kier molecular flexibility index (Phi) is 3.29. The van der Waals surface area contributed by atoms with E-state index in [-0.39, 0.29) is 11.3 Å². The van der Waals surface area contributed by atoms with Crippen molar-refractivity contribution in [3.63, 3.8) is 0 Å². The van der Waals surface area contributed by atoms with E-state index < -0.39 is 0 Å². The average Bonchev–Trinajstić information content (AvgIpc) is 3.08. The number of thiophene rings is 1. The first-order valence-corrected chi connectivity index (χ1v) is 7.49. The summed E-state index contributed by atoms with van der Waals surface area (Å²) in [5.74, 6) is -0.108. The fourth-order valence-electron chi connectivity index (χ4n) is 2.37. The number of carbonyl (C=O) groups excluding carboxylic acids is 1. The SMILES string of the molecule is N#Cc1cccc(C(=O)NCC2(c3ccsc3)CC2)c1. The summed E-state index contributed by atoms with van der Waals surface area (Å²) in [4.78, 5) is 12.1. The molecule has 0 saturated heterocycles. The zero-order valence-corrected chi connectivity index (χ0v) is 11.7. The molecular formula is C16H14N2OS. The molecule has 3 nitrogen and oxygen atoms in total. The maximum Gasteiger partial charge on any atom is 0.251 e. The fourth-order valence-corrected chi connectivity index (χ4v) is 3.15. The van der Waals surface area contributed by atoms with Crippen molar-refractivity contribution in [3.05, 3.63) is 57.8 Å². The second kappa shape index (κ2) is 5.10. The van der Waals surface area contributed by atoms with Crippen LogP contribution in [0, 0.1) is 11.3 Å². The molecule has 0 atom stereocenters. The van der Waals surface area contributed by atoms with Gasteiger partial charge in [0.15, 0.2) is 0 Å². The van der Waals surface area contributed by atoms with E-state index in [4.69, 9.17) is 5.26 Å². The van der Waals surface area contributed by atoms with Gasteiger partial charge in [0.1, 0.15) is 0 Å². The largest absolute Gasteiger partial charge is 0.351 e. The number of hydrogen-bond donors (Lipinski definition) is 1. The van der Waals surface area contributed by atoms with E-state index in [0.717, 1.165) is 12.8 Å². The number of nitrogens with zero attached hydrogens (tertiary/aromatic N) is 1. The van der Waals surface area contributed by atoms with Gasteiger partial charge in [-0.3, -0.25) is 4.79 Å². The molecule has 1 aromatic carbocycles. The van der Waals surface area contributed by atoms with Crippen LogP contribution in [0.3, 0.4) is 0 Å². The second-order valence-electron chi connectivity index (χ2n) is 5.17. The molecule has 4 heteroatoms. The molecule has 1 fully saturated rings. The third-order valence-electron chi connectivity index (χ3n) is 3.83. The zero-order valence-electron chi connectivity index (χ0n) is 10.9. The summed E-state index contributed by atoms with van der Waals surface area (Å²) in [5.41, 5.74) is 2.53. The van der Waals surface area contributed by atoms with E-state index >= 15 is 0 Å². The molecule has 0 radical (unpaired) electrons. The van der Waals surface area contributed by atoms with Gasteiger partial charge in [-0.25, -0.2) is 0 Å². The first-order chi connectivity index (χ1) is 9.73. The van der Waals surface area contributed by atoms with Gasteiger partial charge in [0.25, 0.3) is 5.91 Å². The average molecular weight is 282 g/mol. The quantitative estimate of drug-likeness (QED) is 0.937. The lowest BCUT2D eigenvalue weighted by Crippen LogP contribution is -2.32. The Morgan fingerprint density at radius 1 is 1.40 bits per heavy atom. The Bertz CT molecular complexity index is 666. The third kappa shape index (κ3) is 2.45. The summed E-state index contributed by atoms with van der Waals surface area (Å²) in [6.45, 7) is 0.666. The van der Waals surface area contributed by atoms with Crippen LogP contribution in [-0.2, 0) is 5.41 Å². The highest BCUT2D eigenvalue weighted by atomic mass is 32.1. The number of benzene rings is 1. The van der Waals surface area contributed by atoms with Gasteiger partial charge in [0.2, 0.25) is 0 Å². The third-order valence-corrected chi connectivity index (χ3v) is 4.51. The van der Waals surface area contributed by atoms with Crippen LogP contribution in [0.5, 0.6) is 0 Å². The minimum Gasteiger partial charge on any atom is -0.351 e. The monoisotopic (exact) mass is 282 g/mol. The van der Waals surface area contributed by atoms with Crippen molar-refractivity contribution in [2.45, 2.75) is 18.3 Å². The maximum atomic E-state index is 12.1. The van der Waals surface area contributed by atoms with Gasteiger partial charge in [0.05, 0.1) is 11.6 Å². The van der Waals surface area contributed by atoms with Crippen molar-refractivity contribution >= 4 is 17.2 Å². The van der Waals surface area contributed by atoms with E-state index in [1.165, 1.54) is 5.56 Å². The van der Waals surface area contributed by atoms with Gasteiger partial charge in [-0.1, -0.05) is 6.07 Å². The fraction of sp³-hybridized carbons (Fsp3) is 0.250. The normalized spacial score (nSPS) is 15.3. The predicted molar refractivity (Wildman–Crippen MR) is 78.7 cm³/mol. The summed E-state index contributed by atoms with van der Waals surface area (Å²) in [6.07, 6.45) is 2.25. The highest BCUT2D eigenvalue weighted by Gasteiger charge is 2.44. The van der Waals surface area contributed by atoms with E-state index in [2.05, 4.69) is 28.2 Å². The molecule has 1 aliphatic rings. The van der Waals surface area contributed by atoms with Crippen LogP contribution in [-0.4, -0.2) is 12.5 Å². The Balaban J connectivity index is 1.67. The molecule has 2 aromatic rings. The van der Waals surface area contributed by atoms with E-state index in [1.807, 2.05) is 0 Å². The summed E-state index contributed by atoms with van der Waals surface area (Å²) < 4.78 is 0. The molecule has 1 saturated carbocycles. The number of hydrogen-bond acceptors (Lipinski definition) is 3. The number of nitriles is 1. The molecule has 0 spiro atoms. The van der Waals surface area contributed by atoms with Crippen molar-refractivity contribution < 1.29 is 4.79 Å². The first-order valence-electron chi connectivity index (χ1n) is 6.55. The zero-order chi connectivity index (χ0) is 14.0. The van der Waals surface area contributed by atoms with Crippen molar-refractivity contribution in [1.82, 2.24) is 5.32 Å². The van der Waals surface area contributed by atoms with Gasteiger partial charge < -0.3 is 5.32 Å². The van der Waals surface area contributed by atoms with Gasteiger partial charge in [-0.2, -0.15) is 16.6 Å². The standard InChI is InChI=1S/C16H14N2OS/c17-9-12-2-1-3-13(8-12)15(19)18-11-16(5-6-16)14-4-7-20-10-14/h1-4,7-8,10H,5-6,11H2,(H,18,19). The molecule has 1 amide bonds. The molecule has 1 aromatic heterocycles. The Morgan fingerprint density at radius 3 is 2.90 bits per heavy atom. The summed E-state index contributed by atoms with van der Waals surface area (Å²) in [6, 6.07) is 11.0. The van der Waals surface area contributed by atoms with E-state index in [1.54, 1.807) is 35.6 Å². The van der Waals surface area contributed by atoms with Gasteiger partial charge in [-0.15, -0.1) is 0 Å². The number of carbonyl (C=O) groups is 1.